The number of nitrogens with zero attached hydrogens (tertiary/aromatic N) is 3. The molecule has 2 atom stereocenters. The molecule has 98 valence electrons. The maximum absolute atomic E-state index is 10.9. The fourth-order valence-electron chi connectivity index (χ4n) is 1.84. The van der Waals surface area contributed by atoms with Gasteiger partial charge < -0.3 is 20.5 Å². The van der Waals surface area contributed by atoms with E-state index in [-0.39, 0.29) is 30.4 Å². The summed E-state index contributed by atoms with van der Waals surface area (Å²) in [5.74, 6) is 5.54. The summed E-state index contributed by atoms with van der Waals surface area (Å²) >= 11 is 0. The van der Waals surface area contributed by atoms with E-state index in [4.69, 9.17) is 5.84 Å². The van der Waals surface area contributed by atoms with Gasteiger partial charge in [0, 0.05) is 19.2 Å². The summed E-state index contributed by atoms with van der Waals surface area (Å²) in [7, 11) is 0. The molecule has 9 nitrogen and oxygen atoms in total. The molecule has 0 aromatic carbocycles. The number of aliphatic hydroxyl groups excluding tert-OH is 2. The number of pyridine rings is 1. The number of rotatable bonds is 3. The maximum Gasteiger partial charge on any atom is 0.311 e. The molecule has 0 radical (unpaired) electrons. The van der Waals surface area contributed by atoms with Gasteiger partial charge in [-0.3, -0.25) is 10.1 Å². The number of β-amino-alcohol motifs (C(OH)–C–C–N with tert-alkyl or cyclic N) is 2. The van der Waals surface area contributed by atoms with Crippen molar-refractivity contribution in [3.05, 3.63) is 22.2 Å². The lowest BCUT2D eigenvalue weighted by molar-refractivity contribution is -0.384. The molecule has 1 aliphatic heterocycles. The maximum atomic E-state index is 10.9. The Kier molecular flexibility index (Phi) is 3.28. The van der Waals surface area contributed by atoms with Crippen molar-refractivity contribution in [1.82, 2.24) is 4.98 Å². The molecule has 0 aliphatic carbocycles. The normalized spacial score (nSPS) is 23.2. The van der Waals surface area contributed by atoms with Crippen molar-refractivity contribution in [2.24, 2.45) is 5.84 Å². The summed E-state index contributed by atoms with van der Waals surface area (Å²) in [4.78, 5) is 15.8. The lowest BCUT2D eigenvalue weighted by Crippen LogP contribution is -2.24. The quantitative estimate of drug-likeness (QED) is 0.301. The van der Waals surface area contributed by atoms with Gasteiger partial charge in [-0.1, -0.05) is 0 Å². The van der Waals surface area contributed by atoms with Gasteiger partial charge in [0.15, 0.2) is 0 Å². The van der Waals surface area contributed by atoms with Crippen molar-refractivity contribution < 1.29 is 15.1 Å². The van der Waals surface area contributed by atoms with Crippen molar-refractivity contribution in [2.75, 3.05) is 23.4 Å². The van der Waals surface area contributed by atoms with E-state index in [1.807, 2.05) is 0 Å². The Labute approximate surface area is 102 Å². The molecule has 18 heavy (non-hydrogen) atoms. The SMILES string of the molecule is NNc1ccc([N+](=O)[O-])c(N2CC(O)C(O)C2)n1. The van der Waals surface area contributed by atoms with Crippen molar-refractivity contribution >= 4 is 17.3 Å². The molecule has 1 aromatic rings. The fourth-order valence-corrected chi connectivity index (χ4v) is 1.84. The molecule has 9 heteroatoms. The second kappa shape index (κ2) is 4.72. The summed E-state index contributed by atoms with van der Waals surface area (Å²) in [5.41, 5.74) is 2.10. The molecular formula is C9H13N5O4. The number of nitrogens with two attached hydrogens (primary N) is 1. The Hall–Kier alpha value is -1.97. The molecule has 2 rings (SSSR count). The van der Waals surface area contributed by atoms with Gasteiger partial charge in [-0.25, -0.2) is 10.8 Å². The van der Waals surface area contributed by atoms with Crippen molar-refractivity contribution in [3.8, 4) is 0 Å². The van der Waals surface area contributed by atoms with Gasteiger partial charge in [0.05, 0.1) is 17.1 Å². The summed E-state index contributed by atoms with van der Waals surface area (Å²) in [6.07, 6.45) is -1.89. The van der Waals surface area contributed by atoms with Gasteiger partial charge >= 0.3 is 5.69 Å². The molecule has 1 aliphatic rings. The number of hydrogen-bond donors (Lipinski definition) is 4. The zero-order valence-electron chi connectivity index (χ0n) is 9.35. The highest BCUT2D eigenvalue weighted by atomic mass is 16.6. The van der Waals surface area contributed by atoms with Crippen LogP contribution < -0.4 is 16.2 Å². The lowest BCUT2D eigenvalue weighted by atomic mass is 10.3. The summed E-state index contributed by atoms with van der Waals surface area (Å²) in [6, 6.07) is 2.65. The number of nitrogen functional groups attached to an aromatic ring is 1. The van der Waals surface area contributed by atoms with Crippen LogP contribution >= 0.6 is 0 Å². The monoisotopic (exact) mass is 255 g/mol. The van der Waals surface area contributed by atoms with Gasteiger partial charge in [-0.05, 0) is 6.07 Å². The Morgan fingerprint density at radius 1 is 1.44 bits per heavy atom. The Morgan fingerprint density at radius 3 is 2.56 bits per heavy atom. The average Bonchev–Trinajstić information content (AvgIpc) is 2.68. The number of hydrazine groups is 1. The number of hydrogen-bond acceptors (Lipinski definition) is 8. The smallest absolute Gasteiger partial charge is 0.311 e. The first-order valence-electron chi connectivity index (χ1n) is 5.26. The van der Waals surface area contributed by atoms with Crippen LogP contribution in [0.1, 0.15) is 0 Å². The van der Waals surface area contributed by atoms with Crippen LogP contribution in [-0.2, 0) is 0 Å². The van der Waals surface area contributed by atoms with E-state index in [1.165, 1.54) is 17.0 Å². The first-order chi connectivity index (χ1) is 8.52. The van der Waals surface area contributed by atoms with Crippen LogP contribution in [0, 0.1) is 10.1 Å². The second-order valence-electron chi connectivity index (χ2n) is 3.98. The molecule has 2 heterocycles. The van der Waals surface area contributed by atoms with Crippen LogP contribution in [0.5, 0.6) is 0 Å². The third-order valence-electron chi connectivity index (χ3n) is 2.76. The van der Waals surface area contributed by atoms with Crippen LogP contribution in [0.15, 0.2) is 12.1 Å². The van der Waals surface area contributed by atoms with Crippen molar-refractivity contribution in [1.29, 1.82) is 0 Å². The number of nitro groups is 1. The van der Waals surface area contributed by atoms with Gasteiger partial charge in [0.1, 0.15) is 5.82 Å². The predicted molar refractivity (Wildman–Crippen MR) is 62.9 cm³/mol. The molecule has 1 aromatic heterocycles. The van der Waals surface area contributed by atoms with E-state index in [9.17, 15) is 20.3 Å². The van der Waals surface area contributed by atoms with Gasteiger partial charge in [-0.2, -0.15) is 0 Å². The van der Waals surface area contributed by atoms with E-state index >= 15 is 0 Å². The summed E-state index contributed by atoms with van der Waals surface area (Å²) in [6.45, 7) is 0.173. The number of aromatic nitrogens is 1. The molecule has 0 bridgehead atoms. The number of anilines is 2. The van der Waals surface area contributed by atoms with Gasteiger partial charge in [-0.15, -0.1) is 0 Å². The largest absolute Gasteiger partial charge is 0.389 e. The summed E-state index contributed by atoms with van der Waals surface area (Å²) < 4.78 is 0. The molecule has 1 saturated heterocycles. The highest BCUT2D eigenvalue weighted by Gasteiger charge is 2.34. The van der Waals surface area contributed by atoms with Crippen molar-refractivity contribution in [2.45, 2.75) is 12.2 Å². The second-order valence-corrected chi connectivity index (χ2v) is 3.98. The molecule has 0 spiro atoms. The third kappa shape index (κ3) is 2.18. The standard InChI is InChI=1S/C9H13N5O4/c10-12-8-2-1-5(14(17)18)9(11-8)13-3-6(15)7(16)4-13/h1-2,6-7,15-16H,3-4,10H2,(H,11,12). The first kappa shape index (κ1) is 12.5. The molecule has 5 N–H and O–H groups in total. The third-order valence-corrected chi connectivity index (χ3v) is 2.76. The molecule has 0 saturated carbocycles. The minimum atomic E-state index is -0.944. The Morgan fingerprint density at radius 2 is 2.06 bits per heavy atom. The van der Waals surface area contributed by atoms with Crippen LogP contribution in [-0.4, -0.2) is 45.4 Å². The molecule has 1 fully saturated rings. The minimum Gasteiger partial charge on any atom is -0.389 e. The van der Waals surface area contributed by atoms with E-state index in [0.717, 1.165) is 0 Å². The van der Waals surface area contributed by atoms with Gasteiger partial charge in [0.2, 0.25) is 5.82 Å². The topological polar surface area (TPSA) is 138 Å². The van der Waals surface area contributed by atoms with Crippen LogP contribution in [0.2, 0.25) is 0 Å². The Balaban J connectivity index is 2.38. The van der Waals surface area contributed by atoms with E-state index in [2.05, 4.69) is 10.4 Å². The van der Waals surface area contributed by atoms with Crippen LogP contribution in [0.25, 0.3) is 0 Å². The molecule has 0 amide bonds. The number of aliphatic hydroxyl groups is 2. The average molecular weight is 255 g/mol. The van der Waals surface area contributed by atoms with E-state index < -0.39 is 17.1 Å². The predicted octanol–water partition coefficient (Wildman–Crippen LogP) is -1.18. The highest BCUT2D eigenvalue weighted by Crippen LogP contribution is 2.30. The van der Waals surface area contributed by atoms with Crippen LogP contribution in [0.4, 0.5) is 17.3 Å². The van der Waals surface area contributed by atoms with E-state index in [1.54, 1.807) is 0 Å². The highest BCUT2D eigenvalue weighted by molar-refractivity contribution is 5.62. The number of nitrogens with one attached hydrogen (secondary N) is 1. The molecule has 2 unspecified atom stereocenters. The lowest BCUT2D eigenvalue weighted by Gasteiger charge is -2.16. The minimum absolute atomic E-state index is 0.0750. The van der Waals surface area contributed by atoms with E-state index in [0.29, 0.717) is 0 Å². The zero-order valence-corrected chi connectivity index (χ0v) is 9.35. The Bertz CT molecular complexity index is 458. The first-order valence-corrected chi connectivity index (χ1v) is 5.26. The zero-order chi connectivity index (χ0) is 13.3. The molecular weight excluding hydrogens is 242 g/mol. The van der Waals surface area contributed by atoms with Gasteiger partial charge in [0.25, 0.3) is 0 Å². The summed E-state index contributed by atoms with van der Waals surface area (Å²) in [5, 5.41) is 29.8. The van der Waals surface area contributed by atoms with Crippen molar-refractivity contribution in [3.63, 3.8) is 0 Å². The van der Waals surface area contributed by atoms with Crippen LogP contribution in [0.3, 0.4) is 0 Å². The fraction of sp³-hybridized carbons (Fsp3) is 0.444.